The zero-order chi connectivity index (χ0) is 10.8. The van der Waals surface area contributed by atoms with Crippen molar-refractivity contribution in [3.8, 4) is 0 Å². The second-order valence-electron chi connectivity index (χ2n) is 6.20. The lowest BCUT2D eigenvalue weighted by molar-refractivity contribution is -0.0421. The van der Waals surface area contributed by atoms with Crippen LogP contribution in [0.4, 0.5) is 5.95 Å². The molecular weight excluding hydrogens is 200 g/mol. The highest BCUT2D eigenvalue weighted by molar-refractivity contribution is 5.20. The number of nitrogens with two attached hydrogens (primary N) is 1. The molecule has 4 nitrogen and oxygen atoms in total. The summed E-state index contributed by atoms with van der Waals surface area (Å²) < 4.78 is 2.18. The zero-order valence-corrected chi connectivity index (χ0v) is 9.47. The molecule has 4 aliphatic rings. The number of nitrogens with zero attached hydrogens (tertiary/aromatic N) is 3. The third-order valence-electron chi connectivity index (χ3n) is 5.09. The van der Waals surface area contributed by atoms with Crippen molar-refractivity contribution in [2.75, 3.05) is 5.73 Å². The molecule has 4 heteroatoms. The van der Waals surface area contributed by atoms with Crippen LogP contribution in [0.3, 0.4) is 0 Å². The van der Waals surface area contributed by atoms with Gasteiger partial charge in [0, 0.05) is 5.54 Å². The molecule has 0 aliphatic heterocycles. The van der Waals surface area contributed by atoms with Crippen LogP contribution in [0.5, 0.6) is 0 Å². The second kappa shape index (κ2) is 2.79. The van der Waals surface area contributed by atoms with E-state index in [0.29, 0.717) is 5.95 Å². The van der Waals surface area contributed by atoms with Crippen molar-refractivity contribution in [2.24, 2.45) is 17.8 Å². The van der Waals surface area contributed by atoms with E-state index in [0.717, 1.165) is 17.8 Å². The maximum absolute atomic E-state index is 5.95. The fraction of sp³-hybridized carbons (Fsp3) is 0.833. The van der Waals surface area contributed by atoms with Gasteiger partial charge in [0.1, 0.15) is 6.33 Å². The Morgan fingerprint density at radius 3 is 2.12 bits per heavy atom. The number of anilines is 1. The molecule has 86 valence electrons. The van der Waals surface area contributed by atoms with Gasteiger partial charge in [-0.05, 0) is 56.3 Å². The van der Waals surface area contributed by atoms with Crippen molar-refractivity contribution in [3.05, 3.63) is 6.33 Å². The predicted molar refractivity (Wildman–Crippen MR) is 60.6 cm³/mol. The van der Waals surface area contributed by atoms with Crippen molar-refractivity contribution in [2.45, 2.75) is 44.1 Å². The Labute approximate surface area is 95.2 Å². The zero-order valence-electron chi connectivity index (χ0n) is 9.47. The molecule has 4 saturated carbocycles. The molecule has 0 amide bonds. The van der Waals surface area contributed by atoms with Crippen molar-refractivity contribution >= 4 is 5.95 Å². The van der Waals surface area contributed by atoms with Gasteiger partial charge in [-0.15, -0.1) is 10.2 Å². The first kappa shape index (κ1) is 9.02. The summed E-state index contributed by atoms with van der Waals surface area (Å²) in [6.07, 6.45) is 10.1. The first-order valence-corrected chi connectivity index (χ1v) is 6.41. The van der Waals surface area contributed by atoms with Crippen molar-refractivity contribution in [1.82, 2.24) is 14.8 Å². The van der Waals surface area contributed by atoms with Crippen LogP contribution in [0.2, 0.25) is 0 Å². The Morgan fingerprint density at radius 2 is 1.69 bits per heavy atom. The van der Waals surface area contributed by atoms with Gasteiger partial charge in [0.25, 0.3) is 0 Å². The number of aromatic nitrogens is 3. The standard InChI is InChI=1S/C12H18N4/c13-11-15-14-7-16(11)12-4-8-1-9(5-12)3-10(2-8)6-12/h7-10H,1-6H2,(H2,13,15). The maximum Gasteiger partial charge on any atom is 0.222 e. The van der Waals surface area contributed by atoms with Crippen LogP contribution in [0.1, 0.15) is 38.5 Å². The van der Waals surface area contributed by atoms with E-state index in [1.54, 1.807) is 0 Å². The molecule has 2 N–H and O–H groups in total. The smallest absolute Gasteiger partial charge is 0.222 e. The molecule has 0 unspecified atom stereocenters. The minimum atomic E-state index is 0.280. The van der Waals surface area contributed by atoms with Crippen LogP contribution >= 0.6 is 0 Å². The van der Waals surface area contributed by atoms with Gasteiger partial charge in [-0.1, -0.05) is 0 Å². The van der Waals surface area contributed by atoms with E-state index in [1.165, 1.54) is 38.5 Å². The number of rotatable bonds is 1. The van der Waals surface area contributed by atoms with Crippen LogP contribution in [0.15, 0.2) is 6.33 Å². The predicted octanol–water partition coefficient (Wildman–Crippen LogP) is 1.79. The second-order valence-corrected chi connectivity index (χ2v) is 6.20. The highest BCUT2D eigenvalue weighted by atomic mass is 15.3. The minimum absolute atomic E-state index is 0.280. The molecule has 16 heavy (non-hydrogen) atoms. The molecule has 4 fully saturated rings. The topological polar surface area (TPSA) is 56.7 Å². The van der Waals surface area contributed by atoms with Gasteiger partial charge >= 0.3 is 0 Å². The van der Waals surface area contributed by atoms with E-state index in [4.69, 9.17) is 5.73 Å². The Morgan fingerprint density at radius 1 is 1.12 bits per heavy atom. The van der Waals surface area contributed by atoms with Gasteiger partial charge in [-0.25, -0.2) is 0 Å². The third-order valence-corrected chi connectivity index (χ3v) is 5.09. The molecule has 0 spiro atoms. The highest BCUT2D eigenvalue weighted by Crippen LogP contribution is 2.59. The SMILES string of the molecule is Nc1nncn1C12CC3CC(CC(C3)C1)C2. The molecule has 0 aromatic carbocycles. The van der Waals surface area contributed by atoms with E-state index < -0.39 is 0 Å². The highest BCUT2D eigenvalue weighted by Gasteiger charge is 2.52. The summed E-state index contributed by atoms with van der Waals surface area (Å²) in [7, 11) is 0. The number of hydrogen-bond donors (Lipinski definition) is 1. The van der Waals surface area contributed by atoms with E-state index >= 15 is 0 Å². The Hall–Kier alpha value is -1.06. The monoisotopic (exact) mass is 218 g/mol. The van der Waals surface area contributed by atoms with E-state index in [1.807, 2.05) is 6.33 Å². The molecule has 1 heterocycles. The number of hydrogen-bond acceptors (Lipinski definition) is 3. The molecule has 0 saturated heterocycles. The molecule has 0 atom stereocenters. The van der Waals surface area contributed by atoms with E-state index in [9.17, 15) is 0 Å². The lowest BCUT2D eigenvalue weighted by Gasteiger charge is -2.57. The summed E-state index contributed by atoms with van der Waals surface area (Å²) in [5.41, 5.74) is 6.23. The third kappa shape index (κ3) is 1.05. The van der Waals surface area contributed by atoms with E-state index in [2.05, 4.69) is 14.8 Å². The average Bonchev–Trinajstić information content (AvgIpc) is 2.62. The Kier molecular flexibility index (Phi) is 1.57. The lowest BCUT2D eigenvalue weighted by atomic mass is 9.53. The molecular formula is C12H18N4. The van der Waals surface area contributed by atoms with Gasteiger partial charge in [-0.2, -0.15) is 0 Å². The minimum Gasteiger partial charge on any atom is -0.368 e. The van der Waals surface area contributed by atoms with Crippen molar-refractivity contribution < 1.29 is 0 Å². The fourth-order valence-corrected chi connectivity index (χ4v) is 4.97. The summed E-state index contributed by atoms with van der Waals surface area (Å²) in [6, 6.07) is 0. The van der Waals surface area contributed by atoms with Gasteiger partial charge in [0.15, 0.2) is 0 Å². The van der Waals surface area contributed by atoms with Crippen LogP contribution in [0.25, 0.3) is 0 Å². The molecule has 4 aliphatic carbocycles. The van der Waals surface area contributed by atoms with Crippen LogP contribution in [-0.4, -0.2) is 14.8 Å². The summed E-state index contributed by atoms with van der Waals surface area (Å²) >= 11 is 0. The summed E-state index contributed by atoms with van der Waals surface area (Å²) in [4.78, 5) is 0. The van der Waals surface area contributed by atoms with Gasteiger partial charge in [0.2, 0.25) is 5.95 Å². The molecule has 4 bridgehead atoms. The molecule has 1 aromatic heterocycles. The summed E-state index contributed by atoms with van der Waals surface area (Å²) in [5, 5.41) is 7.93. The summed E-state index contributed by atoms with van der Waals surface area (Å²) in [5.74, 6) is 3.43. The normalized spacial score (nSPS) is 45.1. The fourth-order valence-electron chi connectivity index (χ4n) is 4.97. The lowest BCUT2D eigenvalue weighted by Crippen LogP contribution is -2.51. The Bertz CT molecular complexity index is 387. The molecule has 0 radical (unpaired) electrons. The van der Waals surface area contributed by atoms with Crippen molar-refractivity contribution in [1.29, 1.82) is 0 Å². The molecule has 5 rings (SSSR count). The van der Waals surface area contributed by atoms with Gasteiger partial charge in [-0.3, -0.25) is 4.57 Å². The summed E-state index contributed by atoms with van der Waals surface area (Å²) in [6.45, 7) is 0. The van der Waals surface area contributed by atoms with Gasteiger partial charge < -0.3 is 5.73 Å². The maximum atomic E-state index is 5.95. The quantitative estimate of drug-likeness (QED) is 0.781. The first-order valence-electron chi connectivity index (χ1n) is 6.41. The van der Waals surface area contributed by atoms with Crippen molar-refractivity contribution in [3.63, 3.8) is 0 Å². The average molecular weight is 218 g/mol. The van der Waals surface area contributed by atoms with Crippen LogP contribution < -0.4 is 5.73 Å². The van der Waals surface area contributed by atoms with Crippen LogP contribution in [-0.2, 0) is 5.54 Å². The van der Waals surface area contributed by atoms with Crippen LogP contribution in [0, 0.1) is 17.8 Å². The van der Waals surface area contributed by atoms with E-state index in [-0.39, 0.29) is 5.54 Å². The first-order chi connectivity index (χ1) is 7.75. The largest absolute Gasteiger partial charge is 0.368 e. The van der Waals surface area contributed by atoms with Gasteiger partial charge in [0.05, 0.1) is 0 Å². The Balaban J connectivity index is 1.79. The molecule has 1 aromatic rings. The number of nitrogen functional groups attached to an aromatic ring is 1.